The molecule has 158 valence electrons. The van der Waals surface area contributed by atoms with Crippen LogP contribution in [0.1, 0.15) is 52.9 Å². The molecule has 0 saturated carbocycles. The molecule has 1 aromatic carbocycles. The first-order valence-corrected chi connectivity index (χ1v) is 11.4. The first-order chi connectivity index (χ1) is 14.7. The number of rotatable bonds is 8. The fraction of sp³-hybridized carbons (Fsp3) is 0.391. The van der Waals surface area contributed by atoms with Crippen molar-refractivity contribution in [1.29, 1.82) is 0 Å². The molecule has 1 amide bonds. The maximum atomic E-state index is 13.0. The number of thioether (sulfide) groups is 1. The lowest BCUT2D eigenvalue weighted by atomic mass is 10.1. The third-order valence-corrected chi connectivity index (χ3v) is 6.43. The van der Waals surface area contributed by atoms with Gasteiger partial charge in [0.05, 0.1) is 29.3 Å². The minimum absolute atomic E-state index is 0.0567. The molecule has 0 aliphatic carbocycles. The van der Waals surface area contributed by atoms with Crippen molar-refractivity contribution in [1.82, 2.24) is 15.4 Å². The molecular formula is C23H27N3O3S. The number of amides is 1. The zero-order valence-corrected chi connectivity index (χ0v) is 18.0. The van der Waals surface area contributed by atoms with E-state index >= 15 is 0 Å². The standard InChI is InChI=1S/C23H27N3O3S/c1-17-14-18(29-25-17)16-30-22-10-4-3-8-19(22)23(27)24-15-20(21-9-7-13-28-21)26-11-5-2-6-12-26/h3-4,7-10,13-14,20H,2,5-6,11-12,15-16H2,1H3,(H,24,27). The summed E-state index contributed by atoms with van der Waals surface area (Å²) in [5.41, 5.74) is 1.54. The van der Waals surface area contributed by atoms with E-state index < -0.39 is 0 Å². The Morgan fingerprint density at radius 3 is 2.77 bits per heavy atom. The van der Waals surface area contributed by atoms with E-state index in [0.29, 0.717) is 17.9 Å². The lowest BCUT2D eigenvalue weighted by molar-refractivity contribution is 0.0911. The molecule has 0 spiro atoms. The molecule has 1 aliphatic rings. The van der Waals surface area contributed by atoms with Gasteiger partial charge in [-0.1, -0.05) is 23.7 Å². The highest BCUT2D eigenvalue weighted by molar-refractivity contribution is 7.98. The maximum Gasteiger partial charge on any atom is 0.252 e. The Hall–Kier alpha value is -2.51. The third kappa shape index (κ3) is 5.15. The van der Waals surface area contributed by atoms with Crippen LogP contribution in [0.5, 0.6) is 0 Å². The molecule has 4 rings (SSSR count). The van der Waals surface area contributed by atoms with Crippen molar-refractivity contribution in [2.45, 2.75) is 42.9 Å². The normalized spacial score (nSPS) is 15.8. The van der Waals surface area contributed by atoms with Crippen LogP contribution in [0.2, 0.25) is 0 Å². The predicted octanol–water partition coefficient (Wildman–Crippen LogP) is 4.83. The van der Waals surface area contributed by atoms with E-state index in [0.717, 1.165) is 35.2 Å². The zero-order chi connectivity index (χ0) is 20.8. The largest absolute Gasteiger partial charge is 0.468 e. The van der Waals surface area contributed by atoms with E-state index in [-0.39, 0.29) is 11.9 Å². The van der Waals surface area contributed by atoms with Crippen LogP contribution in [0.15, 0.2) is 62.6 Å². The first kappa shape index (κ1) is 20.8. The van der Waals surface area contributed by atoms with Gasteiger partial charge in [-0.3, -0.25) is 9.69 Å². The number of carbonyl (C=O) groups excluding carboxylic acids is 1. The van der Waals surface area contributed by atoms with Gasteiger partial charge in [-0.25, -0.2) is 0 Å². The van der Waals surface area contributed by atoms with Crippen molar-refractivity contribution in [2.75, 3.05) is 19.6 Å². The van der Waals surface area contributed by atoms with E-state index in [1.54, 1.807) is 18.0 Å². The van der Waals surface area contributed by atoms with Crippen LogP contribution in [0.25, 0.3) is 0 Å². The molecule has 0 radical (unpaired) electrons. The summed E-state index contributed by atoms with van der Waals surface area (Å²) in [7, 11) is 0. The van der Waals surface area contributed by atoms with E-state index in [1.807, 2.05) is 49.4 Å². The van der Waals surface area contributed by atoms with Crippen molar-refractivity contribution in [3.05, 3.63) is 71.5 Å². The average molecular weight is 426 g/mol. The van der Waals surface area contributed by atoms with Crippen molar-refractivity contribution in [3.63, 3.8) is 0 Å². The maximum absolute atomic E-state index is 13.0. The molecular weight excluding hydrogens is 398 g/mol. The number of hydrogen-bond acceptors (Lipinski definition) is 6. The number of nitrogens with one attached hydrogen (secondary N) is 1. The van der Waals surface area contributed by atoms with Gasteiger partial charge in [-0.05, 0) is 57.1 Å². The van der Waals surface area contributed by atoms with Gasteiger partial charge in [-0.15, -0.1) is 11.8 Å². The SMILES string of the molecule is Cc1cc(CSc2ccccc2C(=O)NCC(c2ccco2)N2CCCCC2)on1. The molecule has 1 atom stereocenters. The summed E-state index contributed by atoms with van der Waals surface area (Å²) in [4.78, 5) is 16.4. The van der Waals surface area contributed by atoms with Gasteiger partial charge in [0.15, 0.2) is 0 Å². The second-order valence-electron chi connectivity index (χ2n) is 7.56. The number of aromatic nitrogens is 1. The van der Waals surface area contributed by atoms with E-state index in [4.69, 9.17) is 8.94 Å². The van der Waals surface area contributed by atoms with E-state index in [2.05, 4.69) is 15.4 Å². The number of likely N-dealkylation sites (tertiary alicyclic amines) is 1. The highest BCUT2D eigenvalue weighted by atomic mass is 32.2. The van der Waals surface area contributed by atoms with Crippen LogP contribution in [0, 0.1) is 6.92 Å². The van der Waals surface area contributed by atoms with Gasteiger partial charge in [0, 0.05) is 17.5 Å². The molecule has 6 nitrogen and oxygen atoms in total. The lowest BCUT2D eigenvalue weighted by Crippen LogP contribution is -2.40. The minimum Gasteiger partial charge on any atom is -0.468 e. The van der Waals surface area contributed by atoms with Crippen LogP contribution >= 0.6 is 11.8 Å². The van der Waals surface area contributed by atoms with Crippen molar-refractivity contribution in [3.8, 4) is 0 Å². The first-order valence-electron chi connectivity index (χ1n) is 10.4. The predicted molar refractivity (Wildman–Crippen MR) is 116 cm³/mol. The summed E-state index contributed by atoms with van der Waals surface area (Å²) in [6.07, 6.45) is 5.34. The van der Waals surface area contributed by atoms with Gasteiger partial charge in [0.2, 0.25) is 0 Å². The van der Waals surface area contributed by atoms with E-state index in [1.165, 1.54) is 19.3 Å². The Bertz CT molecular complexity index is 948. The second-order valence-corrected chi connectivity index (χ2v) is 8.57. The molecule has 3 heterocycles. The lowest BCUT2D eigenvalue weighted by Gasteiger charge is -2.33. The molecule has 1 unspecified atom stereocenters. The van der Waals surface area contributed by atoms with Gasteiger partial charge in [0.25, 0.3) is 5.91 Å². The molecule has 3 aromatic rings. The second kappa shape index (κ2) is 10.00. The molecule has 7 heteroatoms. The number of furan rings is 1. The van der Waals surface area contributed by atoms with Crippen LogP contribution in [0.3, 0.4) is 0 Å². The Morgan fingerprint density at radius 2 is 2.03 bits per heavy atom. The summed E-state index contributed by atoms with van der Waals surface area (Å²) < 4.78 is 11.0. The van der Waals surface area contributed by atoms with Crippen LogP contribution in [-0.4, -0.2) is 35.6 Å². The van der Waals surface area contributed by atoms with Crippen LogP contribution in [0.4, 0.5) is 0 Å². The summed E-state index contributed by atoms with van der Waals surface area (Å²) in [5.74, 6) is 2.27. The fourth-order valence-corrected chi connectivity index (χ4v) is 4.74. The molecule has 1 N–H and O–H groups in total. The van der Waals surface area contributed by atoms with Crippen molar-refractivity contribution < 1.29 is 13.7 Å². The molecule has 0 bridgehead atoms. The van der Waals surface area contributed by atoms with E-state index in [9.17, 15) is 4.79 Å². The number of hydrogen-bond donors (Lipinski definition) is 1. The molecule has 30 heavy (non-hydrogen) atoms. The minimum atomic E-state index is -0.0691. The van der Waals surface area contributed by atoms with Gasteiger partial charge >= 0.3 is 0 Å². The average Bonchev–Trinajstić information content (AvgIpc) is 3.45. The number of aryl methyl sites for hydroxylation is 1. The zero-order valence-electron chi connectivity index (χ0n) is 17.2. The molecule has 2 aromatic heterocycles. The third-order valence-electron chi connectivity index (χ3n) is 5.34. The molecule has 1 aliphatic heterocycles. The number of nitrogens with zero attached hydrogens (tertiary/aromatic N) is 2. The fourth-order valence-electron chi connectivity index (χ4n) is 3.82. The van der Waals surface area contributed by atoms with Crippen molar-refractivity contribution in [2.24, 2.45) is 0 Å². The molecule has 1 saturated heterocycles. The quantitative estimate of drug-likeness (QED) is 0.522. The molecule has 1 fully saturated rings. The van der Waals surface area contributed by atoms with Gasteiger partial charge in [-0.2, -0.15) is 0 Å². The van der Waals surface area contributed by atoms with Crippen molar-refractivity contribution >= 4 is 17.7 Å². The Kier molecular flexibility index (Phi) is 6.92. The summed E-state index contributed by atoms with van der Waals surface area (Å²) in [6, 6.07) is 13.6. The topological polar surface area (TPSA) is 71.5 Å². The highest BCUT2D eigenvalue weighted by Crippen LogP contribution is 2.28. The number of carbonyl (C=O) groups is 1. The smallest absolute Gasteiger partial charge is 0.252 e. The van der Waals surface area contributed by atoms with Gasteiger partial charge < -0.3 is 14.3 Å². The van der Waals surface area contributed by atoms with Crippen LogP contribution in [-0.2, 0) is 5.75 Å². The monoisotopic (exact) mass is 425 g/mol. The summed E-state index contributed by atoms with van der Waals surface area (Å²) in [5, 5.41) is 7.06. The van der Waals surface area contributed by atoms with Gasteiger partial charge in [0.1, 0.15) is 11.5 Å². The Labute approximate surface area is 181 Å². The number of benzene rings is 1. The Morgan fingerprint density at radius 1 is 1.20 bits per heavy atom. The summed E-state index contributed by atoms with van der Waals surface area (Å²) >= 11 is 1.58. The van der Waals surface area contributed by atoms with Crippen LogP contribution < -0.4 is 5.32 Å². The highest BCUT2D eigenvalue weighted by Gasteiger charge is 2.25. The Balaban J connectivity index is 1.42. The summed E-state index contributed by atoms with van der Waals surface area (Å²) in [6.45, 7) is 4.48. The number of piperidine rings is 1.